The van der Waals surface area contributed by atoms with Gasteiger partial charge in [0.05, 0.1) is 25.2 Å². The summed E-state index contributed by atoms with van der Waals surface area (Å²) < 4.78 is 5.90. The molecule has 0 aliphatic rings. The zero-order valence-corrected chi connectivity index (χ0v) is 40.9. The molecule has 1 amide bonds. The number of aliphatic hydroxyl groups is 2. The highest BCUT2D eigenvalue weighted by Gasteiger charge is 2.24. The molecule has 3 atom stereocenters. The molecule has 6 heteroatoms. The number of ether oxygens (including phenoxy) is 1. The number of carbonyl (C=O) groups is 2. The van der Waals surface area contributed by atoms with E-state index in [1.807, 2.05) is 60.8 Å². The van der Waals surface area contributed by atoms with Gasteiger partial charge >= 0.3 is 5.97 Å². The Hall–Kier alpha value is -3.22. The number of esters is 1. The molecule has 360 valence electrons. The maximum absolute atomic E-state index is 13.2. The zero-order chi connectivity index (χ0) is 45.9. The molecule has 0 saturated carbocycles. The average Bonchev–Trinajstić information content (AvgIpc) is 3.28. The van der Waals surface area contributed by atoms with Gasteiger partial charge < -0.3 is 20.3 Å². The Balaban J connectivity index is 4.74. The number of rotatable bonds is 45. The summed E-state index contributed by atoms with van der Waals surface area (Å²) in [5.74, 6) is -0.564. The fourth-order valence-electron chi connectivity index (χ4n) is 7.38. The first-order valence-electron chi connectivity index (χ1n) is 26.0. The molecule has 0 heterocycles. The van der Waals surface area contributed by atoms with Gasteiger partial charge in [-0.3, -0.25) is 9.59 Å². The first kappa shape index (κ1) is 59.8. The van der Waals surface area contributed by atoms with Gasteiger partial charge in [-0.1, -0.05) is 240 Å². The molecule has 0 bridgehead atoms. The predicted octanol–water partition coefficient (Wildman–Crippen LogP) is 15.7. The van der Waals surface area contributed by atoms with Crippen LogP contribution >= 0.6 is 0 Å². The molecular weight excluding hydrogens is 779 g/mol. The fourth-order valence-corrected chi connectivity index (χ4v) is 7.38. The molecule has 0 aromatic heterocycles. The number of amides is 1. The lowest BCUT2D eigenvalue weighted by Crippen LogP contribution is -2.46. The predicted molar refractivity (Wildman–Crippen MR) is 273 cm³/mol. The molecule has 0 saturated heterocycles. The molecule has 0 rings (SSSR count). The molecule has 0 fully saturated rings. The van der Waals surface area contributed by atoms with E-state index in [-0.39, 0.29) is 24.9 Å². The zero-order valence-electron chi connectivity index (χ0n) is 40.9. The Morgan fingerprint density at radius 1 is 0.492 bits per heavy atom. The monoisotopic (exact) mass is 876 g/mol. The van der Waals surface area contributed by atoms with Crippen LogP contribution < -0.4 is 5.32 Å². The smallest absolute Gasteiger partial charge is 0.306 e. The maximum atomic E-state index is 13.2. The van der Waals surface area contributed by atoms with Crippen LogP contribution in [0.1, 0.15) is 226 Å². The van der Waals surface area contributed by atoms with Crippen LogP contribution in [-0.4, -0.2) is 46.9 Å². The number of hydrogen-bond donors (Lipinski definition) is 3. The summed E-state index contributed by atoms with van der Waals surface area (Å²) in [4.78, 5) is 26.1. The van der Waals surface area contributed by atoms with E-state index in [4.69, 9.17) is 4.74 Å². The number of aliphatic hydroxyl groups excluding tert-OH is 2. The highest BCUT2D eigenvalue weighted by molar-refractivity contribution is 5.77. The van der Waals surface area contributed by atoms with Crippen molar-refractivity contribution in [3.63, 3.8) is 0 Å². The van der Waals surface area contributed by atoms with Crippen molar-refractivity contribution in [2.45, 2.75) is 244 Å². The first-order chi connectivity index (χ1) is 31.0. The van der Waals surface area contributed by atoms with Crippen molar-refractivity contribution in [1.29, 1.82) is 0 Å². The van der Waals surface area contributed by atoms with E-state index in [0.29, 0.717) is 19.3 Å². The Labute approximate surface area is 388 Å². The van der Waals surface area contributed by atoms with Gasteiger partial charge in [0, 0.05) is 6.42 Å². The highest BCUT2D eigenvalue weighted by atomic mass is 16.5. The molecule has 0 aromatic rings. The van der Waals surface area contributed by atoms with Crippen LogP contribution in [0.5, 0.6) is 0 Å². The van der Waals surface area contributed by atoms with Gasteiger partial charge in [-0.05, 0) is 70.6 Å². The summed E-state index contributed by atoms with van der Waals surface area (Å²) in [5.41, 5.74) is 0. The minimum atomic E-state index is -0.814. The van der Waals surface area contributed by atoms with Gasteiger partial charge in [0.2, 0.25) is 5.91 Å². The molecule has 0 aliphatic heterocycles. The third-order valence-electron chi connectivity index (χ3n) is 11.3. The van der Waals surface area contributed by atoms with E-state index in [9.17, 15) is 19.8 Å². The second kappa shape index (κ2) is 49.8. The molecule has 3 unspecified atom stereocenters. The number of unbranched alkanes of at least 4 members (excludes halogenated alkanes) is 22. The van der Waals surface area contributed by atoms with Crippen molar-refractivity contribution in [3.8, 4) is 0 Å². The summed E-state index contributed by atoms with van der Waals surface area (Å²) in [7, 11) is 0. The maximum Gasteiger partial charge on any atom is 0.306 e. The van der Waals surface area contributed by atoms with Crippen LogP contribution in [0.4, 0.5) is 0 Å². The number of carbonyl (C=O) groups excluding carboxylic acids is 2. The Morgan fingerprint density at radius 3 is 1.48 bits per heavy atom. The van der Waals surface area contributed by atoms with E-state index in [0.717, 1.165) is 70.6 Å². The lowest BCUT2D eigenvalue weighted by atomic mass is 10.0. The number of allylic oxidation sites excluding steroid dienone is 16. The van der Waals surface area contributed by atoms with Crippen LogP contribution in [0.2, 0.25) is 0 Å². The van der Waals surface area contributed by atoms with Crippen molar-refractivity contribution >= 4 is 11.9 Å². The van der Waals surface area contributed by atoms with Crippen LogP contribution in [0.25, 0.3) is 0 Å². The van der Waals surface area contributed by atoms with Crippen molar-refractivity contribution in [3.05, 3.63) is 97.2 Å². The quantitative estimate of drug-likeness (QED) is 0.0245. The van der Waals surface area contributed by atoms with Gasteiger partial charge in [0.1, 0.15) is 6.10 Å². The van der Waals surface area contributed by atoms with Crippen molar-refractivity contribution in [2.75, 3.05) is 6.61 Å². The van der Waals surface area contributed by atoms with Crippen LogP contribution in [0.3, 0.4) is 0 Å². The summed E-state index contributed by atoms with van der Waals surface area (Å²) in [6.45, 7) is 6.28. The van der Waals surface area contributed by atoms with Crippen molar-refractivity contribution < 1.29 is 24.5 Å². The van der Waals surface area contributed by atoms with Gasteiger partial charge in [-0.25, -0.2) is 0 Å². The largest absolute Gasteiger partial charge is 0.462 e. The second-order valence-electron chi connectivity index (χ2n) is 17.3. The molecule has 6 nitrogen and oxygen atoms in total. The molecular formula is C57H97NO5. The number of hydrogen-bond acceptors (Lipinski definition) is 5. The van der Waals surface area contributed by atoms with Gasteiger partial charge in [-0.2, -0.15) is 0 Å². The summed E-state index contributed by atoms with van der Waals surface area (Å²) in [6.07, 6.45) is 66.1. The van der Waals surface area contributed by atoms with E-state index in [1.165, 1.54) is 109 Å². The summed E-state index contributed by atoms with van der Waals surface area (Å²) in [5, 5.41) is 23.7. The standard InChI is InChI=1S/C57H97NO5/c1-4-7-10-13-16-19-22-25-27-28-30-32-35-38-41-44-47-50-57(62)63-53(48-45-42-39-36-33-31-29-26-23-20-17-14-11-8-5-2)51-56(61)58-54(52-59)55(60)49-46-43-40-37-34-24-21-18-15-12-9-6-3/h8,11,14,16-17,19-20,23,25-27,29,31,33,36,39,53-55,59-60H,4-7,9-10,12-13,15,18,21-22,24,28,30,32,34-35,37-38,40-52H2,1-3H3,(H,58,61)/b11-8-,17-14+,19-16-,23-20+,27-25-,29-26-,33-31+,39-36+. The van der Waals surface area contributed by atoms with Crippen molar-refractivity contribution in [2.24, 2.45) is 0 Å². The van der Waals surface area contributed by atoms with Gasteiger partial charge in [0.15, 0.2) is 0 Å². The minimum absolute atomic E-state index is 0.0184. The molecule has 0 spiro atoms. The summed E-state index contributed by atoms with van der Waals surface area (Å²) in [6, 6.07) is -0.732. The third kappa shape index (κ3) is 45.2. The second-order valence-corrected chi connectivity index (χ2v) is 17.3. The molecule has 0 radical (unpaired) electrons. The Morgan fingerprint density at radius 2 is 0.937 bits per heavy atom. The van der Waals surface area contributed by atoms with Crippen LogP contribution in [0, 0.1) is 0 Å². The van der Waals surface area contributed by atoms with Gasteiger partial charge in [-0.15, -0.1) is 0 Å². The van der Waals surface area contributed by atoms with Crippen molar-refractivity contribution in [1.82, 2.24) is 5.32 Å². The molecule has 0 aromatic carbocycles. The Kier molecular flexibility index (Phi) is 47.2. The lowest BCUT2D eigenvalue weighted by Gasteiger charge is -2.24. The number of nitrogens with one attached hydrogen (secondary N) is 1. The van der Waals surface area contributed by atoms with E-state index in [2.05, 4.69) is 62.5 Å². The molecule has 3 N–H and O–H groups in total. The average molecular weight is 876 g/mol. The fraction of sp³-hybridized carbons (Fsp3) is 0.684. The van der Waals surface area contributed by atoms with Gasteiger partial charge in [0.25, 0.3) is 0 Å². The van der Waals surface area contributed by atoms with Crippen LogP contribution in [0.15, 0.2) is 97.2 Å². The normalized spacial score (nSPS) is 14.0. The topological polar surface area (TPSA) is 95.9 Å². The minimum Gasteiger partial charge on any atom is -0.462 e. The first-order valence-corrected chi connectivity index (χ1v) is 26.0. The molecule has 0 aliphatic carbocycles. The Bertz CT molecular complexity index is 1260. The van der Waals surface area contributed by atoms with E-state index < -0.39 is 18.2 Å². The van der Waals surface area contributed by atoms with E-state index >= 15 is 0 Å². The third-order valence-corrected chi connectivity index (χ3v) is 11.3. The van der Waals surface area contributed by atoms with Crippen LogP contribution in [-0.2, 0) is 14.3 Å². The van der Waals surface area contributed by atoms with E-state index in [1.54, 1.807) is 0 Å². The molecule has 63 heavy (non-hydrogen) atoms. The SMILES string of the molecule is CC\C=C/C=C/C=C/C=C\C=C\C=C\CCCC(CC(=O)NC(CO)C(O)CCCCCCCCCCCCCC)OC(=O)CCCCCCCCC/C=C\C/C=C\CCCCC. The highest BCUT2D eigenvalue weighted by Crippen LogP contribution is 2.17. The lowest BCUT2D eigenvalue weighted by molar-refractivity contribution is -0.151. The summed E-state index contributed by atoms with van der Waals surface area (Å²) >= 11 is 0.